The number of hydrogen-bond acceptors (Lipinski definition) is 4. The second kappa shape index (κ2) is 15.5. The molecule has 0 saturated carbocycles. The van der Waals surface area contributed by atoms with Gasteiger partial charge in [-0.2, -0.15) is 5.26 Å². The first-order valence-corrected chi connectivity index (χ1v) is 20.7. The summed E-state index contributed by atoms with van der Waals surface area (Å²) in [6, 6.07) is 80.3. The van der Waals surface area contributed by atoms with Crippen LogP contribution in [0, 0.1) is 11.3 Å². The molecule has 2 aromatic heterocycles. The maximum Gasteiger partial charge on any atom is 0.160 e. The minimum absolute atomic E-state index is 0.529. The molecule has 0 fully saturated rings. The van der Waals surface area contributed by atoms with Gasteiger partial charge in [0.05, 0.1) is 39.2 Å². The van der Waals surface area contributed by atoms with Crippen molar-refractivity contribution in [3.05, 3.63) is 230 Å². The molecule has 0 N–H and O–H groups in total. The monoisotopic (exact) mass is 791 g/mol. The Kier molecular flexibility index (Phi) is 9.15. The lowest BCUT2D eigenvalue weighted by molar-refractivity contribution is 1.15. The fourth-order valence-electron chi connectivity index (χ4n) is 8.72. The van der Waals surface area contributed by atoms with Crippen molar-refractivity contribution in [3.8, 4) is 56.7 Å². The molecule has 0 atom stereocenters. The first-order valence-electron chi connectivity index (χ1n) is 20.7. The van der Waals surface area contributed by atoms with Gasteiger partial charge in [0.15, 0.2) is 5.82 Å². The predicted molar refractivity (Wildman–Crippen MR) is 255 cm³/mol. The molecule has 2 heterocycles. The van der Waals surface area contributed by atoms with Crippen molar-refractivity contribution in [1.82, 2.24) is 14.5 Å². The van der Waals surface area contributed by atoms with Crippen molar-refractivity contribution in [2.75, 3.05) is 4.90 Å². The molecule has 0 aliphatic carbocycles. The van der Waals surface area contributed by atoms with E-state index in [1.54, 1.807) is 0 Å². The van der Waals surface area contributed by atoms with Gasteiger partial charge < -0.3 is 9.47 Å². The Morgan fingerprint density at radius 3 is 1.61 bits per heavy atom. The van der Waals surface area contributed by atoms with Gasteiger partial charge in [-0.05, 0) is 89.0 Å². The summed E-state index contributed by atoms with van der Waals surface area (Å²) in [6.07, 6.45) is 0. The first-order chi connectivity index (χ1) is 30.7. The van der Waals surface area contributed by atoms with E-state index in [0.717, 1.165) is 94.5 Å². The number of para-hydroxylation sites is 3. The van der Waals surface area contributed by atoms with Crippen molar-refractivity contribution in [2.45, 2.75) is 0 Å². The van der Waals surface area contributed by atoms with Crippen LogP contribution in [0.1, 0.15) is 5.56 Å². The van der Waals surface area contributed by atoms with E-state index in [1.165, 1.54) is 0 Å². The Morgan fingerprint density at radius 1 is 0.419 bits per heavy atom. The van der Waals surface area contributed by atoms with Crippen molar-refractivity contribution in [2.24, 2.45) is 0 Å². The fraction of sp³-hybridized carbons (Fsp3) is 0. The summed E-state index contributed by atoms with van der Waals surface area (Å²) in [5, 5.41) is 14.3. The van der Waals surface area contributed by atoms with Crippen LogP contribution < -0.4 is 4.90 Å². The molecule has 0 amide bonds. The lowest BCUT2D eigenvalue weighted by atomic mass is 9.99. The number of fused-ring (bicyclic) bond motifs is 4. The Labute approximate surface area is 359 Å². The summed E-state index contributed by atoms with van der Waals surface area (Å²) in [5.74, 6) is 0.638. The van der Waals surface area contributed by atoms with Gasteiger partial charge in [-0.15, -0.1) is 0 Å². The number of aromatic nitrogens is 3. The van der Waals surface area contributed by atoms with Crippen LogP contribution in [0.25, 0.3) is 83.3 Å². The highest BCUT2D eigenvalue weighted by atomic mass is 15.2. The number of nitriles is 1. The first kappa shape index (κ1) is 36.5. The van der Waals surface area contributed by atoms with Crippen molar-refractivity contribution >= 4 is 49.8 Å². The Hall–Kier alpha value is -8.59. The van der Waals surface area contributed by atoms with Crippen LogP contribution in [0.3, 0.4) is 0 Å². The quantitative estimate of drug-likeness (QED) is 0.154. The van der Waals surface area contributed by atoms with E-state index in [-0.39, 0.29) is 0 Å². The number of nitrogens with zero attached hydrogens (tertiary/aromatic N) is 5. The Morgan fingerprint density at radius 2 is 0.968 bits per heavy atom. The summed E-state index contributed by atoms with van der Waals surface area (Å²) in [5.41, 5.74) is 14.2. The second-order valence-electron chi connectivity index (χ2n) is 15.3. The molecule has 0 radical (unpaired) electrons. The highest BCUT2D eigenvalue weighted by Gasteiger charge is 2.25. The molecule has 5 heteroatoms. The Balaban J connectivity index is 1.23. The highest BCUT2D eigenvalue weighted by molar-refractivity contribution is 6.17. The minimum Gasteiger partial charge on any atom is -0.308 e. The smallest absolute Gasteiger partial charge is 0.160 e. The molecule has 0 aliphatic heterocycles. The van der Waals surface area contributed by atoms with E-state index in [4.69, 9.17) is 9.97 Å². The van der Waals surface area contributed by atoms with E-state index in [0.29, 0.717) is 11.4 Å². The predicted octanol–water partition coefficient (Wildman–Crippen LogP) is 14.7. The third-order valence-electron chi connectivity index (χ3n) is 11.6. The van der Waals surface area contributed by atoms with E-state index >= 15 is 0 Å². The topological polar surface area (TPSA) is 57.7 Å². The normalized spacial score (nSPS) is 11.2. The molecule has 0 bridgehead atoms. The Bertz CT molecular complexity index is 3410. The number of rotatable bonds is 8. The SMILES string of the molecule is N#Cc1cc(-c2nc(-c3ccccc3)nc3ccccc23)ccc1-n1c2ccc(-c3ccccc3)cc2c2cc(-c3ccccc3)cc(N(c3ccccc3)c3ccccc3)c21. The summed E-state index contributed by atoms with van der Waals surface area (Å²) in [4.78, 5) is 12.4. The van der Waals surface area contributed by atoms with Gasteiger partial charge in [0.25, 0.3) is 0 Å². The number of anilines is 3. The van der Waals surface area contributed by atoms with Gasteiger partial charge in [0.1, 0.15) is 6.07 Å². The van der Waals surface area contributed by atoms with Crippen LogP contribution in [0.15, 0.2) is 224 Å². The summed E-state index contributed by atoms with van der Waals surface area (Å²) in [6.45, 7) is 0. The van der Waals surface area contributed by atoms with Crippen LogP contribution >= 0.6 is 0 Å². The summed E-state index contributed by atoms with van der Waals surface area (Å²) >= 11 is 0. The average Bonchev–Trinajstić information content (AvgIpc) is 3.68. The van der Waals surface area contributed by atoms with Crippen LogP contribution in [0.2, 0.25) is 0 Å². The zero-order valence-corrected chi connectivity index (χ0v) is 33.6. The zero-order valence-electron chi connectivity index (χ0n) is 33.6. The summed E-state index contributed by atoms with van der Waals surface area (Å²) < 4.78 is 2.29. The summed E-state index contributed by atoms with van der Waals surface area (Å²) in [7, 11) is 0. The zero-order chi connectivity index (χ0) is 41.4. The van der Waals surface area contributed by atoms with Gasteiger partial charge in [-0.3, -0.25) is 0 Å². The minimum atomic E-state index is 0.529. The standard InChI is InChI=1S/C57H37N5/c58-38-45-34-43(55-48-28-16-17-29-51(48)59-57(60-55)41-22-10-3-11-23-41)31-32-52(45)62-53-33-30-42(39-18-6-1-7-19-39)35-49(53)50-36-44(40-20-8-2-9-21-40)37-54(56(50)62)61(46-24-12-4-13-25-46)47-26-14-5-15-27-47/h1-37H. The molecule has 0 saturated heterocycles. The van der Waals surface area contributed by atoms with Crippen LogP contribution in [-0.4, -0.2) is 14.5 Å². The lowest BCUT2D eigenvalue weighted by Gasteiger charge is -2.28. The number of benzene rings is 9. The molecular weight excluding hydrogens is 755 g/mol. The van der Waals surface area contributed by atoms with Crippen LogP contribution in [0.5, 0.6) is 0 Å². The number of hydrogen-bond donors (Lipinski definition) is 0. The molecule has 0 aliphatic rings. The van der Waals surface area contributed by atoms with Gasteiger partial charge >= 0.3 is 0 Å². The second-order valence-corrected chi connectivity index (χ2v) is 15.3. The van der Waals surface area contributed by atoms with E-state index in [1.807, 2.05) is 60.7 Å². The largest absolute Gasteiger partial charge is 0.308 e. The molecule has 5 nitrogen and oxygen atoms in total. The van der Waals surface area contributed by atoms with Crippen molar-refractivity contribution in [3.63, 3.8) is 0 Å². The molecular formula is C57H37N5. The molecule has 290 valence electrons. The molecule has 0 spiro atoms. The van der Waals surface area contributed by atoms with Gasteiger partial charge in [-0.25, -0.2) is 9.97 Å². The van der Waals surface area contributed by atoms with Gasteiger partial charge in [-0.1, -0.05) is 158 Å². The lowest BCUT2D eigenvalue weighted by Crippen LogP contribution is -2.12. The van der Waals surface area contributed by atoms with Crippen LogP contribution in [0.4, 0.5) is 17.1 Å². The fourth-order valence-corrected chi connectivity index (χ4v) is 8.72. The van der Waals surface area contributed by atoms with Gasteiger partial charge in [0.2, 0.25) is 0 Å². The molecule has 9 aromatic carbocycles. The third-order valence-corrected chi connectivity index (χ3v) is 11.6. The maximum absolute atomic E-state index is 11.2. The van der Waals surface area contributed by atoms with E-state index in [2.05, 4.69) is 179 Å². The maximum atomic E-state index is 11.2. The molecule has 11 aromatic rings. The third kappa shape index (κ3) is 6.44. The van der Waals surface area contributed by atoms with Crippen molar-refractivity contribution in [1.29, 1.82) is 5.26 Å². The molecule has 0 unspecified atom stereocenters. The van der Waals surface area contributed by atoms with E-state index in [9.17, 15) is 5.26 Å². The van der Waals surface area contributed by atoms with Crippen LogP contribution in [-0.2, 0) is 0 Å². The van der Waals surface area contributed by atoms with E-state index < -0.39 is 0 Å². The molecule has 11 rings (SSSR count). The highest BCUT2D eigenvalue weighted by Crippen LogP contribution is 2.47. The van der Waals surface area contributed by atoms with Crippen molar-refractivity contribution < 1.29 is 0 Å². The van der Waals surface area contributed by atoms with Gasteiger partial charge in [0, 0.05) is 38.7 Å². The average molecular weight is 792 g/mol. The molecule has 62 heavy (non-hydrogen) atoms.